The Morgan fingerprint density at radius 1 is 0.971 bits per heavy atom. The summed E-state index contributed by atoms with van der Waals surface area (Å²) >= 11 is 4.73. The van der Waals surface area contributed by atoms with E-state index in [1.54, 1.807) is 6.07 Å². The number of carbonyl (C=O) groups is 2. The molecule has 35 heavy (non-hydrogen) atoms. The van der Waals surface area contributed by atoms with Gasteiger partial charge in [0.15, 0.2) is 11.0 Å². The summed E-state index contributed by atoms with van der Waals surface area (Å²) < 4.78 is 2.59. The van der Waals surface area contributed by atoms with E-state index in [2.05, 4.69) is 36.8 Å². The van der Waals surface area contributed by atoms with Gasteiger partial charge in [0.2, 0.25) is 5.91 Å². The van der Waals surface area contributed by atoms with E-state index < -0.39 is 0 Å². The van der Waals surface area contributed by atoms with Gasteiger partial charge in [-0.3, -0.25) is 9.59 Å². The second-order valence-corrected chi connectivity index (χ2v) is 9.72. The van der Waals surface area contributed by atoms with Crippen LogP contribution in [-0.2, 0) is 18.4 Å². The minimum atomic E-state index is -0.191. The third-order valence-electron chi connectivity index (χ3n) is 5.30. The lowest BCUT2D eigenvalue weighted by Crippen LogP contribution is -2.24. The zero-order chi connectivity index (χ0) is 24.8. The molecule has 3 aromatic carbocycles. The number of halogens is 1. The first-order chi connectivity index (χ1) is 16.9. The molecule has 2 amide bonds. The maximum Gasteiger partial charge on any atom is 0.256 e. The molecule has 9 heteroatoms. The summed E-state index contributed by atoms with van der Waals surface area (Å²) in [6.45, 7) is 2.53. The van der Waals surface area contributed by atoms with Gasteiger partial charge in [-0.25, -0.2) is 0 Å². The number of amides is 2. The Morgan fingerprint density at radius 3 is 2.40 bits per heavy atom. The molecule has 0 aliphatic heterocycles. The van der Waals surface area contributed by atoms with Crippen molar-refractivity contribution in [1.82, 2.24) is 20.1 Å². The molecule has 4 aromatic rings. The van der Waals surface area contributed by atoms with E-state index in [1.165, 1.54) is 17.3 Å². The second-order valence-electron chi connectivity index (χ2n) is 7.93. The molecule has 0 spiro atoms. The van der Waals surface area contributed by atoms with E-state index in [4.69, 9.17) is 0 Å². The Balaban J connectivity index is 1.33. The summed E-state index contributed by atoms with van der Waals surface area (Å²) in [6.07, 6.45) is 0. The van der Waals surface area contributed by atoms with Crippen LogP contribution in [0.1, 0.15) is 21.5 Å². The Morgan fingerprint density at radius 2 is 1.69 bits per heavy atom. The van der Waals surface area contributed by atoms with Gasteiger partial charge in [-0.15, -0.1) is 10.2 Å². The van der Waals surface area contributed by atoms with Crippen molar-refractivity contribution in [1.29, 1.82) is 0 Å². The molecule has 7 nitrogen and oxygen atoms in total. The van der Waals surface area contributed by atoms with Crippen LogP contribution >= 0.6 is 27.7 Å². The number of nitrogens with one attached hydrogen (secondary N) is 2. The minimum Gasteiger partial charge on any atom is -0.351 e. The van der Waals surface area contributed by atoms with Gasteiger partial charge >= 0.3 is 0 Å². The van der Waals surface area contributed by atoms with Crippen LogP contribution in [0.15, 0.2) is 82.4 Å². The number of rotatable bonds is 8. The van der Waals surface area contributed by atoms with Crippen LogP contribution in [0.3, 0.4) is 0 Å². The summed E-state index contributed by atoms with van der Waals surface area (Å²) in [4.78, 5) is 24.8. The van der Waals surface area contributed by atoms with Crippen LogP contribution in [-0.4, -0.2) is 32.3 Å². The largest absolute Gasteiger partial charge is 0.351 e. The van der Waals surface area contributed by atoms with Crippen molar-refractivity contribution in [2.75, 3.05) is 11.1 Å². The highest BCUT2D eigenvalue weighted by atomic mass is 79.9. The fourth-order valence-electron chi connectivity index (χ4n) is 3.33. The number of hydrogen-bond donors (Lipinski definition) is 2. The Labute approximate surface area is 216 Å². The second kappa shape index (κ2) is 11.3. The fourth-order valence-corrected chi connectivity index (χ4v) is 4.53. The molecule has 0 atom stereocenters. The number of benzene rings is 3. The molecule has 0 fully saturated rings. The van der Waals surface area contributed by atoms with Crippen molar-refractivity contribution < 1.29 is 9.59 Å². The molecule has 1 aromatic heterocycles. The van der Waals surface area contributed by atoms with Gasteiger partial charge in [-0.05, 0) is 64.8 Å². The normalized spacial score (nSPS) is 10.7. The molecule has 178 valence electrons. The predicted molar refractivity (Wildman–Crippen MR) is 142 cm³/mol. The van der Waals surface area contributed by atoms with E-state index in [0.29, 0.717) is 28.8 Å². The van der Waals surface area contributed by atoms with Crippen LogP contribution < -0.4 is 10.6 Å². The number of nitrogens with zero attached hydrogens (tertiary/aromatic N) is 3. The van der Waals surface area contributed by atoms with Gasteiger partial charge in [-0.1, -0.05) is 53.7 Å². The van der Waals surface area contributed by atoms with Gasteiger partial charge in [0.1, 0.15) is 0 Å². The van der Waals surface area contributed by atoms with Gasteiger partial charge in [0.05, 0.1) is 11.3 Å². The standard InChI is InChI=1S/C26H24BrN5O2S/c1-17-7-9-18(10-8-17)15-28-23(33)16-35-26-31-30-24(32(26)2)19-11-13-20(14-12-19)29-25(34)21-5-3-4-6-22(21)27/h3-14H,15-16H2,1-2H3,(H,28,33)(H,29,34). The molecule has 0 bridgehead atoms. The molecule has 0 aliphatic rings. The van der Waals surface area contributed by atoms with Crippen LogP contribution in [0.2, 0.25) is 0 Å². The maximum absolute atomic E-state index is 12.5. The highest BCUT2D eigenvalue weighted by Gasteiger charge is 2.14. The topological polar surface area (TPSA) is 88.9 Å². The molecule has 0 radical (unpaired) electrons. The SMILES string of the molecule is Cc1ccc(CNC(=O)CSc2nnc(-c3ccc(NC(=O)c4ccccc4Br)cc3)n2C)cc1. The number of thioether (sulfide) groups is 1. The maximum atomic E-state index is 12.5. The molecular weight excluding hydrogens is 526 g/mol. The number of anilines is 1. The van der Waals surface area contributed by atoms with Gasteiger partial charge in [-0.2, -0.15) is 0 Å². The quantitative estimate of drug-likeness (QED) is 0.294. The average Bonchev–Trinajstić information content (AvgIpc) is 3.23. The smallest absolute Gasteiger partial charge is 0.256 e. The van der Waals surface area contributed by atoms with Gasteiger partial charge in [0, 0.05) is 29.3 Å². The number of aromatic nitrogens is 3. The third-order valence-corrected chi connectivity index (χ3v) is 7.01. The monoisotopic (exact) mass is 549 g/mol. The lowest BCUT2D eigenvalue weighted by Gasteiger charge is -2.08. The lowest BCUT2D eigenvalue weighted by molar-refractivity contribution is -0.118. The zero-order valence-corrected chi connectivity index (χ0v) is 21.7. The number of carbonyl (C=O) groups excluding carboxylic acids is 2. The lowest BCUT2D eigenvalue weighted by atomic mass is 10.1. The summed E-state index contributed by atoms with van der Waals surface area (Å²) in [5.74, 6) is 0.669. The van der Waals surface area contributed by atoms with E-state index in [9.17, 15) is 9.59 Å². The van der Waals surface area contributed by atoms with Crippen molar-refractivity contribution in [3.63, 3.8) is 0 Å². The molecule has 1 heterocycles. The zero-order valence-electron chi connectivity index (χ0n) is 19.3. The number of hydrogen-bond acceptors (Lipinski definition) is 5. The molecule has 0 saturated carbocycles. The first kappa shape index (κ1) is 24.7. The van der Waals surface area contributed by atoms with Crippen molar-refractivity contribution >= 4 is 45.2 Å². The third kappa shape index (κ3) is 6.37. The molecular formula is C26H24BrN5O2S. The van der Waals surface area contributed by atoms with Gasteiger partial charge in [0.25, 0.3) is 5.91 Å². The Bertz CT molecular complexity index is 1340. The first-order valence-electron chi connectivity index (χ1n) is 10.9. The highest BCUT2D eigenvalue weighted by Crippen LogP contribution is 2.24. The summed E-state index contributed by atoms with van der Waals surface area (Å²) in [5.41, 5.74) is 4.35. The van der Waals surface area contributed by atoms with Crippen molar-refractivity contribution in [2.24, 2.45) is 7.05 Å². The van der Waals surface area contributed by atoms with E-state index in [1.807, 2.05) is 85.3 Å². The molecule has 4 rings (SSSR count). The van der Waals surface area contributed by atoms with E-state index in [0.717, 1.165) is 15.6 Å². The average molecular weight is 550 g/mol. The molecule has 0 saturated heterocycles. The molecule has 2 N–H and O–H groups in total. The molecule has 0 unspecified atom stereocenters. The van der Waals surface area contributed by atoms with E-state index in [-0.39, 0.29) is 17.6 Å². The number of aryl methyl sites for hydroxylation is 1. The summed E-state index contributed by atoms with van der Waals surface area (Å²) in [7, 11) is 1.87. The Hall–Kier alpha value is -3.43. The van der Waals surface area contributed by atoms with Crippen molar-refractivity contribution in [3.05, 3.63) is 94.0 Å². The van der Waals surface area contributed by atoms with Gasteiger partial charge < -0.3 is 15.2 Å². The van der Waals surface area contributed by atoms with Crippen LogP contribution in [0.4, 0.5) is 5.69 Å². The van der Waals surface area contributed by atoms with Crippen LogP contribution in [0.5, 0.6) is 0 Å². The Kier molecular flexibility index (Phi) is 7.99. The van der Waals surface area contributed by atoms with Crippen LogP contribution in [0, 0.1) is 6.92 Å². The summed E-state index contributed by atoms with van der Waals surface area (Å²) in [5, 5.41) is 15.0. The highest BCUT2D eigenvalue weighted by molar-refractivity contribution is 9.10. The fraction of sp³-hybridized carbons (Fsp3) is 0.154. The molecule has 0 aliphatic carbocycles. The van der Waals surface area contributed by atoms with Crippen molar-refractivity contribution in [2.45, 2.75) is 18.6 Å². The first-order valence-corrected chi connectivity index (χ1v) is 12.7. The van der Waals surface area contributed by atoms with E-state index >= 15 is 0 Å². The predicted octanol–water partition coefficient (Wildman–Crippen LogP) is 5.21. The summed E-state index contributed by atoms with van der Waals surface area (Å²) in [6, 6.07) is 22.7. The van der Waals surface area contributed by atoms with Crippen LogP contribution in [0.25, 0.3) is 11.4 Å². The van der Waals surface area contributed by atoms with Crippen molar-refractivity contribution in [3.8, 4) is 11.4 Å². The minimum absolute atomic E-state index is 0.0646.